The van der Waals surface area contributed by atoms with Gasteiger partial charge in [-0.2, -0.15) is 5.10 Å². The zero-order chi connectivity index (χ0) is 15.7. The SMILES string of the molecule is CCc1nc(CNc2nccn3nc(C(C)(C)C)cc23)co1. The molecule has 3 heterocycles. The number of fused-ring (bicyclic) bond motifs is 1. The molecule has 116 valence electrons. The van der Waals surface area contributed by atoms with Gasteiger partial charge in [-0.1, -0.05) is 27.7 Å². The minimum Gasteiger partial charge on any atom is -0.449 e. The van der Waals surface area contributed by atoms with E-state index >= 15 is 0 Å². The molecule has 3 rings (SSSR count). The predicted octanol–water partition coefficient (Wildman–Crippen LogP) is 3.19. The van der Waals surface area contributed by atoms with Crippen LogP contribution in [0.5, 0.6) is 0 Å². The molecule has 0 spiro atoms. The van der Waals surface area contributed by atoms with Crippen molar-refractivity contribution in [3.05, 3.63) is 42.0 Å². The molecule has 0 aromatic carbocycles. The third-order valence-corrected chi connectivity index (χ3v) is 3.50. The second-order valence-electron chi connectivity index (χ2n) is 6.32. The van der Waals surface area contributed by atoms with E-state index in [2.05, 4.69) is 47.2 Å². The van der Waals surface area contributed by atoms with Crippen molar-refractivity contribution in [1.29, 1.82) is 0 Å². The summed E-state index contributed by atoms with van der Waals surface area (Å²) in [6.07, 6.45) is 6.09. The molecule has 0 aliphatic heterocycles. The number of rotatable bonds is 4. The summed E-state index contributed by atoms with van der Waals surface area (Å²) in [6, 6.07) is 2.08. The van der Waals surface area contributed by atoms with Crippen LogP contribution in [0.1, 0.15) is 45.0 Å². The van der Waals surface area contributed by atoms with Crippen LogP contribution in [-0.2, 0) is 18.4 Å². The lowest BCUT2D eigenvalue weighted by Gasteiger charge is -2.13. The number of aromatic nitrogens is 4. The Kier molecular flexibility index (Phi) is 3.60. The second-order valence-corrected chi connectivity index (χ2v) is 6.32. The molecule has 3 aromatic rings. The molecule has 0 saturated heterocycles. The van der Waals surface area contributed by atoms with Crippen LogP contribution in [0, 0.1) is 0 Å². The van der Waals surface area contributed by atoms with Crippen molar-refractivity contribution in [3.8, 4) is 0 Å². The Morgan fingerprint density at radius 1 is 1.32 bits per heavy atom. The minimum absolute atomic E-state index is 0.00539. The molecule has 0 amide bonds. The van der Waals surface area contributed by atoms with Gasteiger partial charge in [0.15, 0.2) is 11.7 Å². The lowest BCUT2D eigenvalue weighted by atomic mass is 9.92. The van der Waals surface area contributed by atoms with Gasteiger partial charge in [-0.3, -0.25) is 0 Å². The van der Waals surface area contributed by atoms with Crippen molar-refractivity contribution in [2.75, 3.05) is 5.32 Å². The molecule has 0 atom stereocenters. The average Bonchev–Trinajstić information content (AvgIpc) is 3.11. The van der Waals surface area contributed by atoms with E-state index in [1.165, 1.54) is 0 Å². The number of hydrogen-bond donors (Lipinski definition) is 1. The number of oxazole rings is 1. The van der Waals surface area contributed by atoms with Gasteiger partial charge in [0, 0.05) is 24.2 Å². The third-order valence-electron chi connectivity index (χ3n) is 3.50. The van der Waals surface area contributed by atoms with Gasteiger partial charge in [0.05, 0.1) is 17.9 Å². The van der Waals surface area contributed by atoms with Gasteiger partial charge in [-0.05, 0) is 6.07 Å². The highest BCUT2D eigenvalue weighted by atomic mass is 16.3. The first-order valence-electron chi connectivity index (χ1n) is 7.49. The van der Waals surface area contributed by atoms with Crippen molar-refractivity contribution in [2.45, 2.75) is 46.1 Å². The van der Waals surface area contributed by atoms with E-state index < -0.39 is 0 Å². The van der Waals surface area contributed by atoms with Gasteiger partial charge in [0.1, 0.15) is 11.8 Å². The zero-order valence-electron chi connectivity index (χ0n) is 13.4. The van der Waals surface area contributed by atoms with Crippen molar-refractivity contribution >= 4 is 11.3 Å². The average molecular weight is 299 g/mol. The predicted molar refractivity (Wildman–Crippen MR) is 84.9 cm³/mol. The fourth-order valence-electron chi connectivity index (χ4n) is 2.19. The molecule has 0 fully saturated rings. The smallest absolute Gasteiger partial charge is 0.193 e. The van der Waals surface area contributed by atoms with Gasteiger partial charge in [0.2, 0.25) is 0 Å². The molecule has 0 radical (unpaired) electrons. The number of nitrogens with one attached hydrogen (secondary N) is 1. The Labute approximate surface area is 129 Å². The Morgan fingerprint density at radius 2 is 2.14 bits per heavy atom. The Morgan fingerprint density at radius 3 is 2.82 bits per heavy atom. The molecule has 0 bridgehead atoms. The third kappa shape index (κ3) is 2.81. The Hall–Kier alpha value is -2.37. The molecule has 1 N–H and O–H groups in total. The summed E-state index contributed by atoms with van der Waals surface area (Å²) < 4.78 is 7.21. The van der Waals surface area contributed by atoms with Crippen molar-refractivity contribution < 1.29 is 4.42 Å². The van der Waals surface area contributed by atoms with Gasteiger partial charge in [-0.25, -0.2) is 14.5 Å². The van der Waals surface area contributed by atoms with Gasteiger partial charge in [-0.15, -0.1) is 0 Å². The summed E-state index contributed by atoms with van der Waals surface area (Å²) in [5, 5.41) is 7.93. The summed E-state index contributed by atoms with van der Waals surface area (Å²) in [5.41, 5.74) is 2.88. The number of nitrogens with zero attached hydrogens (tertiary/aromatic N) is 4. The molecule has 6 nitrogen and oxygen atoms in total. The normalized spacial score (nSPS) is 12.0. The van der Waals surface area contributed by atoms with Crippen LogP contribution < -0.4 is 5.32 Å². The van der Waals surface area contributed by atoms with Crippen LogP contribution in [0.3, 0.4) is 0 Å². The number of anilines is 1. The summed E-state index contributed by atoms with van der Waals surface area (Å²) in [4.78, 5) is 8.80. The van der Waals surface area contributed by atoms with Crippen molar-refractivity contribution in [1.82, 2.24) is 19.6 Å². The fraction of sp³-hybridized carbons (Fsp3) is 0.438. The minimum atomic E-state index is 0.00539. The molecule has 0 aliphatic carbocycles. The van der Waals surface area contributed by atoms with E-state index in [0.29, 0.717) is 6.54 Å². The molecule has 3 aromatic heterocycles. The lowest BCUT2D eigenvalue weighted by Crippen LogP contribution is -2.11. The number of hydrogen-bond acceptors (Lipinski definition) is 5. The Bertz CT molecular complexity index is 781. The fourth-order valence-corrected chi connectivity index (χ4v) is 2.19. The summed E-state index contributed by atoms with van der Waals surface area (Å²) in [6.45, 7) is 9.04. The second kappa shape index (κ2) is 5.44. The van der Waals surface area contributed by atoms with E-state index in [9.17, 15) is 0 Å². The summed E-state index contributed by atoms with van der Waals surface area (Å²) in [7, 11) is 0. The molecule has 0 aliphatic rings. The first-order valence-corrected chi connectivity index (χ1v) is 7.49. The molecular weight excluding hydrogens is 278 g/mol. The van der Waals surface area contributed by atoms with Crippen LogP contribution in [0.4, 0.5) is 5.82 Å². The first kappa shape index (κ1) is 14.6. The van der Waals surface area contributed by atoms with E-state index in [1.54, 1.807) is 12.5 Å². The van der Waals surface area contributed by atoms with Gasteiger partial charge in [0.25, 0.3) is 0 Å². The van der Waals surface area contributed by atoms with Crippen LogP contribution in [-0.4, -0.2) is 19.6 Å². The topological polar surface area (TPSA) is 68.2 Å². The van der Waals surface area contributed by atoms with Crippen molar-refractivity contribution in [2.24, 2.45) is 0 Å². The number of aryl methyl sites for hydroxylation is 1. The summed E-state index contributed by atoms with van der Waals surface area (Å²) >= 11 is 0. The van der Waals surface area contributed by atoms with Crippen LogP contribution in [0.15, 0.2) is 29.1 Å². The van der Waals surface area contributed by atoms with Crippen LogP contribution in [0.2, 0.25) is 0 Å². The monoisotopic (exact) mass is 299 g/mol. The molecule has 0 unspecified atom stereocenters. The highest BCUT2D eigenvalue weighted by Gasteiger charge is 2.19. The van der Waals surface area contributed by atoms with Crippen LogP contribution in [0.25, 0.3) is 5.52 Å². The Balaban J connectivity index is 1.85. The van der Waals surface area contributed by atoms with Gasteiger partial charge < -0.3 is 9.73 Å². The first-order chi connectivity index (χ1) is 10.5. The molecular formula is C16H21N5O. The van der Waals surface area contributed by atoms with E-state index in [-0.39, 0.29) is 5.41 Å². The summed E-state index contributed by atoms with van der Waals surface area (Å²) in [5.74, 6) is 1.55. The van der Waals surface area contributed by atoms with E-state index in [0.717, 1.165) is 35.0 Å². The standard InChI is InChI=1S/C16H21N5O/c1-5-14-19-11(10-22-14)9-18-15-12-8-13(16(2,3)4)20-21(12)7-6-17-15/h6-8,10H,5,9H2,1-4H3,(H,17,18). The molecule has 6 heteroatoms. The maximum absolute atomic E-state index is 5.35. The van der Waals surface area contributed by atoms with E-state index in [4.69, 9.17) is 4.42 Å². The highest BCUT2D eigenvalue weighted by Crippen LogP contribution is 2.24. The van der Waals surface area contributed by atoms with Crippen LogP contribution >= 0.6 is 0 Å². The van der Waals surface area contributed by atoms with E-state index in [1.807, 2.05) is 17.6 Å². The highest BCUT2D eigenvalue weighted by molar-refractivity contribution is 5.68. The zero-order valence-corrected chi connectivity index (χ0v) is 13.4. The largest absolute Gasteiger partial charge is 0.449 e. The maximum atomic E-state index is 5.35. The quantitative estimate of drug-likeness (QED) is 0.801. The molecule has 22 heavy (non-hydrogen) atoms. The maximum Gasteiger partial charge on any atom is 0.193 e. The molecule has 0 saturated carbocycles. The van der Waals surface area contributed by atoms with Gasteiger partial charge >= 0.3 is 0 Å². The lowest BCUT2D eigenvalue weighted by molar-refractivity contribution is 0.501. The van der Waals surface area contributed by atoms with Crippen molar-refractivity contribution in [3.63, 3.8) is 0 Å².